The summed E-state index contributed by atoms with van der Waals surface area (Å²) in [5, 5.41) is 9.63. The minimum Gasteiger partial charge on any atom is -0.505 e. The number of fused-ring (bicyclic) bond motifs is 3. The normalized spacial score (nSPS) is 24.1. The number of para-hydroxylation sites is 1. The molecule has 1 N–H and O–H groups in total. The van der Waals surface area contributed by atoms with Gasteiger partial charge < -0.3 is 14.6 Å². The molecule has 1 aliphatic carbocycles. The van der Waals surface area contributed by atoms with E-state index in [1.54, 1.807) is 25.3 Å². The number of phenols is 1. The fourth-order valence-electron chi connectivity index (χ4n) is 6.66. The first-order chi connectivity index (χ1) is 20.0. The number of benzene rings is 3. The lowest BCUT2D eigenvalue weighted by Gasteiger charge is -2.31. The fourth-order valence-corrected chi connectivity index (χ4v) is 6.66. The average molecular weight is 554 g/mol. The number of aromatic hydroxyl groups is 1. The largest absolute Gasteiger partial charge is 0.505 e. The molecule has 210 valence electrons. The number of rotatable bonds is 8. The Labute approximate surface area is 238 Å². The zero-order chi connectivity index (χ0) is 28.5. The Kier molecular flexibility index (Phi) is 7.56. The Bertz CT molecular complexity index is 1520. The number of hydrogen-bond acceptors (Lipinski definition) is 5. The smallest absolute Gasteiger partial charge is 0.238 e. The Morgan fingerprint density at radius 3 is 2.46 bits per heavy atom. The topological polar surface area (TPSA) is 76.1 Å². The number of amides is 2. The zero-order valence-electron chi connectivity index (χ0n) is 22.8. The molecule has 2 aliphatic heterocycles. The summed E-state index contributed by atoms with van der Waals surface area (Å²) in [6, 6.07) is 23.4. The molecule has 6 nitrogen and oxygen atoms in total. The summed E-state index contributed by atoms with van der Waals surface area (Å²) >= 11 is 0. The Morgan fingerprint density at radius 2 is 1.76 bits per heavy atom. The van der Waals surface area contributed by atoms with Gasteiger partial charge in [0, 0.05) is 13.0 Å². The summed E-state index contributed by atoms with van der Waals surface area (Å²) in [4.78, 5) is 28.6. The van der Waals surface area contributed by atoms with Gasteiger partial charge in [-0.15, -0.1) is 0 Å². The van der Waals surface area contributed by atoms with E-state index in [-0.39, 0.29) is 29.6 Å². The van der Waals surface area contributed by atoms with E-state index < -0.39 is 17.7 Å². The minimum absolute atomic E-state index is 0.155. The van der Waals surface area contributed by atoms with Crippen molar-refractivity contribution in [2.45, 2.75) is 25.4 Å². The van der Waals surface area contributed by atoms with Crippen molar-refractivity contribution in [2.24, 2.45) is 17.8 Å². The van der Waals surface area contributed by atoms with Crippen LogP contribution in [0.2, 0.25) is 0 Å². The molecular formula is C34H32FNO5. The first-order valence-electron chi connectivity index (χ1n) is 14.0. The third kappa shape index (κ3) is 5.11. The molecule has 3 aromatic carbocycles. The molecule has 3 aliphatic rings. The highest BCUT2D eigenvalue weighted by atomic mass is 19.1. The molecule has 0 aromatic heterocycles. The van der Waals surface area contributed by atoms with E-state index in [0.717, 1.165) is 22.3 Å². The number of nitrogens with zero attached hydrogens (tertiary/aromatic N) is 1. The summed E-state index contributed by atoms with van der Waals surface area (Å²) in [6.45, 7) is 0.763. The van der Waals surface area contributed by atoms with Gasteiger partial charge in [-0.05, 0) is 71.4 Å². The lowest BCUT2D eigenvalue weighted by atomic mass is 9.69. The van der Waals surface area contributed by atoms with Gasteiger partial charge in [-0.2, -0.15) is 0 Å². The van der Waals surface area contributed by atoms with Gasteiger partial charge in [0.2, 0.25) is 11.8 Å². The van der Waals surface area contributed by atoms with Crippen LogP contribution in [0, 0.1) is 23.6 Å². The standard InChI is InChI=1S/C34H32FNO5/c1-40-19-24-18-26-32(34(39)36(33(26)38)25-10-6-3-7-11-25)27-20-41-30(31(24)27)15-13-23(22-8-4-2-5-9-22)16-21-12-14-29(37)28(35)17-21/h2-12,14,16-17,26-27,30,32,37H,13,15,18-20H2,1H3/b23-16-/t26-,27+,30-,32-/m1/s1. The molecule has 0 bridgehead atoms. The van der Waals surface area contributed by atoms with Gasteiger partial charge in [0.1, 0.15) is 0 Å². The number of carbonyl (C=O) groups is 2. The molecular weight excluding hydrogens is 521 g/mol. The second-order valence-electron chi connectivity index (χ2n) is 10.9. The number of phenolic OH excluding ortho intramolecular Hbond substituents is 1. The Morgan fingerprint density at radius 1 is 1.02 bits per heavy atom. The van der Waals surface area contributed by atoms with Crippen LogP contribution in [0.5, 0.6) is 5.75 Å². The lowest BCUT2D eigenvalue weighted by molar-refractivity contribution is -0.122. The van der Waals surface area contributed by atoms with Crippen LogP contribution in [0.1, 0.15) is 30.4 Å². The first-order valence-corrected chi connectivity index (χ1v) is 14.0. The van der Waals surface area contributed by atoms with E-state index in [1.807, 2.05) is 54.6 Å². The first kappa shape index (κ1) is 27.1. The van der Waals surface area contributed by atoms with Gasteiger partial charge in [-0.3, -0.25) is 14.5 Å². The zero-order valence-corrected chi connectivity index (χ0v) is 22.8. The van der Waals surface area contributed by atoms with Crippen LogP contribution < -0.4 is 4.90 Å². The number of allylic oxidation sites excluding steroid dienone is 1. The summed E-state index contributed by atoms with van der Waals surface area (Å²) < 4.78 is 26.0. The van der Waals surface area contributed by atoms with E-state index in [0.29, 0.717) is 43.7 Å². The van der Waals surface area contributed by atoms with Crippen LogP contribution in [0.3, 0.4) is 0 Å². The van der Waals surface area contributed by atoms with Crippen LogP contribution in [-0.2, 0) is 19.1 Å². The molecule has 0 radical (unpaired) electrons. The molecule has 7 heteroatoms. The van der Waals surface area contributed by atoms with Crippen molar-refractivity contribution in [1.82, 2.24) is 0 Å². The molecule has 0 spiro atoms. The maximum Gasteiger partial charge on any atom is 0.238 e. The van der Waals surface area contributed by atoms with Crippen LogP contribution in [0.25, 0.3) is 11.6 Å². The average Bonchev–Trinajstić information content (AvgIpc) is 3.52. The molecule has 2 heterocycles. The number of carbonyl (C=O) groups excluding carboxylic acids is 2. The van der Waals surface area contributed by atoms with Crippen LogP contribution in [0.4, 0.5) is 10.1 Å². The van der Waals surface area contributed by atoms with E-state index in [9.17, 15) is 19.1 Å². The lowest BCUT2D eigenvalue weighted by Crippen LogP contribution is -2.35. The minimum atomic E-state index is -0.667. The number of anilines is 1. The van der Waals surface area contributed by atoms with Crippen molar-refractivity contribution in [3.63, 3.8) is 0 Å². The predicted octanol–water partition coefficient (Wildman–Crippen LogP) is 6.02. The Balaban J connectivity index is 1.28. The summed E-state index contributed by atoms with van der Waals surface area (Å²) in [5.41, 5.74) is 5.41. The highest BCUT2D eigenvalue weighted by Gasteiger charge is 2.57. The summed E-state index contributed by atoms with van der Waals surface area (Å²) in [7, 11) is 1.64. The van der Waals surface area contributed by atoms with Gasteiger partial charge in [0.05, 0.1) is 36.8 Å². The van der Waals surface area contributed by atoms with Crippen LogP contribution >= 0.6 is 0 Å². The number of imide groups is 1. The van der Waals surface area contributed by atoms with Gasteiger partial charge in [-0.1, -0.05) is 60.7 Å². The van der Waals surface area contributed by atoms with Gasteiger partial charge in [0.25, 0.3) is 0 Å². The van der Waals surface area contributed by atoms with Gasteiger partial charge in [0.15, 0.2) is 11.6 Å². The highest BCUT2D eigenvalue weighted by Crippen LogP contribution is 2.50. The molecule has 6 rings (SSSR count). The van der Waals surface area contributed by atoms with Crippen LogP contribution in [-0.4, -0.2) is 43.3 Å². The Hall–Kier alpha value is -4.07. The molecule has 0 unspecified atom stereocenters. The van der Waals surface area contributed by atoms with Crippen molar-refractivity contribution < 1.29 is 28.6 Å². The molecule has 4 atom stereocenters. The van der Waals surface area contributed by atoms with Gasteiger partial charge >= 0.3 is 0 Å². The highest BCUT2D eigenvalue weighted by molar-refractivity contribution is 6.22. The van der Waals surface area contributed by atoms with Gasteiger partial charge in [-0.25, -0.2) is 4.39 Å². The monoisotopic (exact) mass is 553 g/mol. The van der Waals surface area contributed by atoms with Crippen molar-refractivity contribution in [1.29, 1.82) is 0 Å². The van der Waals surface area contributed by atoms with E-state index in [2.05, 4.69) is 0 Å². The van der Waals surface area contributed by atoms with E-state index >= 15 is 0 Å². The quantitative estimate of drug-likeness (QED) is 0.210. The third-order valence-corrected chi connectivity index (χ3v) is 8.47. The molecule has 41 heavy (non-hydrogen) atoms. The molecule has 2 saturated heterocycles. The molecule has 2 amide bonds. The van der Waals surface area contributed by atoms with Crippen molar-refractivity contribution in [2.75, 3.05) is 25.2 Å². The SMILES string of the molecule is COCC1=C2[C@@H](CC/C(=C/c3ccc(O)c(F)c3)c3ccccc3)OC[C@@H]2[C@@H]2C(=O)N(c3ccccc3)C(=O)[C@@H]2C1. The maximum atomic E-state index is 14.1. The van der Waals surface area contributed by atoms with Crippen molar-refractivity contribution in [3.8, 4) is 5.75 Å². The number of hydrogen-bond donors (Lipinski definition) is 1. The van der Waals surface area contributed by atoms with Crippen molar-refractivity contribution in [3.05, 3.63) is 107 Å². The van der Waals surface area contributed by atoms with Crippen LogP contribution in [0.15, 0.2) is 90.0 Å². The molecule has 0 saturated carbocycles. The number of methoxy groups -OCH3 is 1. The second-order valence-corrected chi connectivity index (χ2v) is 10.9. The summed E-state index contributed by atoms with van der Waals surface area (Å²) in [6.07, 6.45) is 3.49. The fraction of sp³-hybridized carbons (Fsp3) is 0.294. The van der Waals surface area contributed by atoms with E-state index in [1.165, 1.54) is 17.0 Å². The number of ether oxygens (including phenoxy) is 2. The van der Waals surface area contributed by atoms with Crippen molar-refractivity contribution >= 4 is 29.2 Å². The molecule has 3 aromatic rings. The number of halogens is 1. The van der Waals surface area contributed by atoms with E-state index in [4.69, 9.17) is 9.47 Å². The predicted molar refractivity (Wildman–Crippen MR) is 154 cm³/mol. The maximum absolute atomic E-state index is 14.1. The third-order valence-electron chi connectivity index (χ3n) is 8.47. The molecule has 2 fully saturated rings. The summed E-state index contributed by atoms with van der Waals surface area (Å²) in [5.74, 6) is -2.41. The second kappa shape index (κ2) is 11.4.